The first kappa shape index (κ1) is 27.2. The topological polar surface area (TPSA) is 67.7 Å². The van der Waals surface area contributed by atoms with Gasteiger partial charge in [0.1, 0.15) is 11.4 Å². The van der Waals surface area contributed by atoms with Crippen LogP contribution < -0.4 is 4.90 Å². The maximum atomic E-state index is 12.2. The van der Waals surface area contributed by atoms with Crippen molar-refractivity contribution in [3.63, 3.8) is 0 Å². The van der Waals surface area contributed by atoms with Crippen molar-refractivity contribution in [3.05, 3.63) is 11.8 Å². The van der Waals surface area contributed by atoms with Gasteiger partial charge in [0.15, 0.2) is 5.82 Å². The van der Waals surface area contributed by atoms with Crippen LogP contribution in [-0.4, -0.2) is 57.3 Å². The van der Waals surface area contributed by atoms with E-state index in [0.29, 0.717) is 24.7 Å². The van der Waals surface area contributed by atoms with Crippen molar-refractivity contribution in [3.8, 4) is 0 Å². The van der Waals surface area contributed by atoms with Crippen LogP contribution in [0.2, 0.25) is 0 Å². The van der Waals surface area contributed by atoms with Gasteiger partial charge in [-0.15, -0.1) is 0 Å². The molecule has 1 spiro atoms. The Morgan fingerprint density at radius 3 is 2.21 bits per heavy atom. The number of amides is 1. The summed E-state index contributed by atoms with van der Waals surface area (Å²) in [6.45, 7) is 22.4. The van der Waals surface area contributed by atoms with E-state index in [1.54, 1.807) is 0 Å². The number of nitrogens with zero attached hydrogens (tertiary/aromatic N) is 4. The molecule has 4 rings (SSSR count). The number of hydrogen-bond donors (Lipinski definition) is 0. The Morgan fingerprint density at radius 1 is 1.12 bits per heavy atom. The smallest absolute Gasteiger partial charge is 0.410 e. The standard InChI is InChI=1S/C22H34N4O3.2C2H6/c1-15-9-18(25-8-7-17(27)12-21(25,5)6)23-26(15)16-10-22(11-16)13-24(14-22)19(28)29-20(2,3)4;2*1-2/h9,16H,7-8,10-14H2,1-6H3;2*1-2H3. The van der Waals surface area contributed by atoms with Crippen molar-refractivity contribution >= 4 is 17.7 Å². The van der Waals surface area contributed by atoms with Gasteiger partial charge in [0.25, 0.3) is 0 Å². The molecule has 0 aromatic carbocycles. The van der Waals surface area contributed by atoms with E-state index >= 15 is 0 Å². The van der Waals surface area contributed by atoms with Crippen LogP contribution in [0.4, 0.5) is 10.6 Å². The molecular formula is C26H46N4O3. The number of aryl methyl sites for hydroxylation is 1. The van der Waals surface area contributed by atoms with Crippen LogP contribution >= 0.6 is 0 Å². The first-order valence-electron chi connectivity index (χ1n) is 12.7. The van der Waals surface area contributed by atoms with E-state index in [4.69, 9.17) is 9.84 Å². The number of likely N-dealkylation sites (tertiary alicyclic amines) is 1. The van der Waals surface area contributed by atoms with Crippen LogP contribution in [0.3, 0.4) is 0 Å². The molecule has 188 valence electrons. The molecule has 1 saturated carbocycles. The van der Waals surface area contributed by atoms with E-state index < -0.39 is 5.60 Å². The summed E-state index contributed by atoms with van der Waals surface area (Å²) in [5.41, 5.74) is 0.758. The largest absolute Gasteiger partial charge is 0.444 e. The van der Waals surface area contributed by atoms with Crippen molar-refractivity contribution in [1.29, 1.82) is 0 Å². The lowest BCUT2D eigenvalue weighted by molar-refractivity contribution is -0.121. The van der Waals surface area contributed by atoms with E-state index in [0.717, 1.165) is 44.0 Å². The van der Waals surface area contributed by atoms with Gasteiger partial charge >= 0.3 is 6.09 Å². The second-order valence-corrected chi connectivity index (χ2v) is 10.9. The molecular weight excluding hydrogens is 416 g/mol. The summed E-state index contributed by atoms with van der Waals surface area (Å²) in [6, 6.07) is 2.54. The number of aromatic nitrogens is 2. The quantitative estimate of drug-likeness (QED) is 0.559. The monoisotopic (exact) mass is 462 g/mol. The lowest BCUT2D eigenvalue weighted by Gasteiger charge is -2.58. The molecule has 0 N–H and O–H groups in total. The third-order valence-electron chi connectivity index (χ3n) is 6.55. The minimum absolute atomic E-state index is 0.191. The zero-order chi connectivity index (χ0) is 25.2. The average molecular weight is 463 g/mol. The van der Waals surface area contributed by atoms with E-state index in [1.807, 2.05) is 53.4 Å². The highest BCUT2D eigenvalue weighted by Crippen LogP contribution is 2.54. The van der Waals surface area contributed by atoms with Gasteiger partial charge in [-0.2, -0.15) is 5.10 Å². The van der Waals surface area contributed by atoms with E-state index in [9.17, 15) is 9.59 Å². The summed E-state index contributed by atoms with van der Waals surface area (Å²) >= 11 is 0. The molecule has 2 aliphatic heterocycles. The summed E-state index contributed by atoms with van der Waals surface area (Å²) in [6.07, 6.45) is 3.08. The van der Waals surface area contributed by atoms with Crippen LogP contribution in [0.5, 0.6) is 0 Å². The third-order valence-corrected chi connectivity index (χ3v) is 6.55. The molecule has 3 heterocycles. The third kappa shape index (κ3) is 5.90. The fourth-order valence-corrected chi connectivity index (χ4v) is 5.19. The van der Waals surface area contributed by atoms with Crippen molar-refractivity contribution in [2.75, 3.05) is 24.5 Å². The van der Waals surface area contributed by atoms with E-state index in [-0.39, 0.29) is 17.0 Å². The molecule has 0 unspecified atom stereocenters. The normalized spacial score (nSPS) is 21.2. The van der Waals surface area contributed by atoms with Gasteiger partial charge in [0.2, 0.25) is 0 Å². The molecule has 0 atom stereocenters. The molecule has 0 radical (unpaired) electrons. The Balaban J connectivity index is 0.000000914. The predicted octanol–water partition coefficient (Wildman–Crippen LogP) is 5.76. The number of anilines is 1. The lowest BCUT2D eigenvalue weighted by atomic mass is 9.61. The number of carbonyl (C=O) groups excluding carboxylic acids is 2. The minimum atomic E-state index is -0.447. The molecule has 33 heavy (non-hydrogen) atoms. The Hall–Kier alpha value is -2.05. The van der Waals surface area contributed by atoms with Crippen LogP contribution in [0, 0.1) is 12.3 Å². The highest BCUT2D eigenvalue weighted by molar-refractivity contribution is 5.82. The molecule has 2 saturated heterocycles. The number of ketones is 1. The van der Waals surface area contributed by atoms with Crippen molar-refractivity contribution in [2.45, 2.75) is 112 Å². The van der Waals surface area contributed by atoms with Crippen LogP contribution in [0.1, 0.15) is 99.7 Å². The van der Waals surface area contributed by atoms with Gasteiger partial charge in [-0.1, -0.05) is 27.7 Å². The molecule has 7 heteroatoms. The molecule has 1 aliphatic carbocycles. The van der Waals surface area contributed by atoms with Gasteiger partial charge in [0.05, 0.1) is 6.04 Å². The van der Waals surface area contributed by atoms with Crippen LogP contribution in [0.15, 0.2) is 6.07 Å². The Kier molecular flexibility index (Phi) is 8.29. The van der Waals surface area contributed by atoms with Gasteiger partial charge < -0.3 is 14.5 Å². The zero-order valence-electron chi connectivity index (χ0n) is 22.6. The van der Waals surface area contributed by atoms with Crippen molar-refractivity contribution < 1.29 is 14.3 Å². The fraction of sp³-hybridized carbons (Fsp3) is 0.808. The second kappa shape index (κ2) is 10.1. The number of hydrogen-bond acceptors (Lipinski definition) is 5. The van der Waals surface area contributed by atoms with Gasteiger partial charge in [-0.3, -0.25) is 9.48 Å². The van der Waals surface area contributed by atoms with Crippen LogP contribution in [0.25, 0.3) is 0 Å². The molecule has 1 aromatic rings. The molecule has 7 nitrogen and oxygen atoms in total. The maximum absolute atomic E-state index is 12.2. The van der Waals surface area contributed by atoms with Gasteiger partial charge in [-0.25, -0.2) is 4.79 Å². The highest BCUT2D eigenvalue weighted by Gasteiger charge is 2.55. The summed E-state index contributed by atoms with van der Waals surface area (Å²) in [5.74, 6) is 1.31. The van der Waals surface area contributed by atoms with Crippen molar-refractivity contribution in [2.24, 2.45) is 5.41 Å². The second-order valence-electron chi connectivity index (χ2n) is 10.9. The Bertz CT molecular complexity index is 823. The Morgan fingerprint density at radius 2 is 1.70 bits per heavy atom. The average Bonchev–Trinajstić information content (AvgIpc) is 3.01. The summed E-state index contributed by atoms with van der Waals surface area (Å²) in [7, 11) is 0. The van der Waals surface area contributed by atoms with E-state index in [1.165, 1.54) is 0 Å². The molecule has 1 amide bonds. The summed E-state index contributed by atoms with van der Waals surface area (Å²) in [5, 5.41) is 4.93. The first-order valence-corrected chi connectivity index (χ1v) is 12.7. The molecule has 0 bridgehead atoms. The fourth-order valence-electron chi connectivity index (χ4n) is 5.19. The molecule has 3 aliphatic rings. The van der Waals surface area contributed by atoms with Gasteiger partial charge in [0, 0.05) is 55.2 Å². The Labute approximate surface area is 200 Å². The SMILES string of the molecule is CC.CC.Cc1cc(N2CCC(=O)CC2(C)C)nn1C1CC2(C1)CN(C(=O)OC(C)(C)C)C2. The number of carbonyl (C=O) groups is 2. The zero-order valence-corrected chi connectivity index (χ0v) is 22.6. The summed E-state index contributed by atoms with van der Waals surface area (Å²) in [4.78, 5) is 28.2. The molecule has 1 aromatic heterocycles. The summed E-state index contributed by atoms with van der Waals surface area (Å²) < 4.78 is 7.63. The number of ether oxygens (including phenoxy) is 1. The van der Waals surface area contributed by atoms with E-state index in [2.05, 4.69) is 36.4 Å². The highest BCUT2D eigenvalue weighted by atomic mass is 16.6. The maximum Gasteiger partial charge on any atom is 0.410 e. The number of rotatable bonds is 2. The lowest BCUT2D eigenvalue weighted by Crippen LogP contribution is -2.64. The first-order chi connectivity index (χ1) is 15.4. The van der Waals surface area contributed by atoms with Crippen LogP contribution in [-0.2, 0) is 9.53 Å². The van der Waals surface area contributed by atoms with Gasteiger partial charge in [-0.05, 0) is 54.4 Å². The number of piperidine rings is 1. The van der Waals surface area contributed by atoms with Crippen molar-refractivity contribution in [1.82, 2.24) is 14.7 Å². The molecule has 3 fully saturated rings. The predicted molar refractivity (Wildman–Crippen MR) is 134 cm³/mol. The number of Topliss-reactive ketones (excluding diaryl/α,β-unsaturated/α-hetero) is 1. The minimum Gasteiger partial charge on any atom is -0.444 e.